The second-order valence-electron chi connectivity index (χ2n) is 5.06. The molecule has 0 saturated heterocycles. The fourth-order valence-electron chi connectivity index (χ4n) is 2.62. The predicted molar refractivity (Wildman–Crippen MR) is 85.0 cm³/mol. The van der Waals surface area contributed by atoms with Gasteiger partial charge in [-0.3, -0.25) is 0 Å². The molecule has 2 heteroatoms. The Balaban J connectivity index is 2.46. The Bertz CT molecular complexity index is 534. The maximum atomic E-state index is 4.75. The lowest BCUT2D eigenvalue weighted by Crippen LogP contribution is -2.01. The van der Waals surface area contributed by atoms with Gasteiger partial charge >= 0.3 is 0 Å². The first-order valence-electron chi connectivity index (χ1n) is 7.70. The molecule has 0 unspecified atom stereocenters. The normalized spacial score (nSPS) is 10.8. The third kappa shape index (κ3) is 2.90. The van der Waals surface area contributed by atoms with Crippen LogP contribution in [0.2, 0.25) is 0 Å². The highest BCUT2D eigenvalue weighted by molar-refractivity contribution is 5.58. The minimum atomic E-state index is 0.858. The van der Waals surface area contributed by atoms with Gasteiger partial charge in [-0.2, -0.15) is 0 Å². The molecule has 2 nitrogen and oxygen atoms in total. The number of aromatic nitrogens is 2. The average Bonchev–Trinajstić information content (AvgIpc) is 2.53. The number of hydrogen-bond acceptors (Lipinski definition) is 2. The summed E-state index contributed by atoms with van der Waals surface area (Å²) in [6.07, 6.45) is 6.09. The average molecular weight is 268 g/mol. The summed E-state index contributed by atoms with van der Waals surface area (Å²) in [6.45, 7) is 8.72. The Morgan fingerprint density at radius 2 is 1.50 bits per heavy atom. The van der Waals surface area contributed by atoms with Gasteiger partial charge in [0.25, 0.3) is 0 Å². The lowest BCUT2D eigenvalue weighted by molar-refractivity contribution is 0.934. The molecular weight excluding hydrogens is 244 g/mol. The summed E-state index contributed by atoms with van der Waals surface area (Å²) < 4.78 is 0. The molecule has 0 saturated carbocycles. The first kappa shape index (κ1) is 14.7. The van der Waals surface area contributed by atoms with E-state index >= 15 is 0 Å². The van der Waals surface area contributed by atoms with Crippen molar-refractivity contribution >= 4 is 0 Å². The number of aryl methyl sites for hydroxylation is 4. The molecule has 1 aromatic carbocycles. The molecule has 0 aliphatic heterocycles. The van der Waals surface area contributed by atoms with Gasteiger partial charge in [-0.25, -0.2) is 9.97 Å². The molecule has 1 heterocycles. The Kier molecular flexibility index (Phi) is 4.89. The van der Waals surface area contributed by atoms with Crippen LogP contribution in [0.25, 0.3) is 11.4 Å². The van der Waals surface area contributed by atoms with Crippen molar-refractivity contribution in [2.45, 2.75) is 53.4 Å². The van der Waals surface area contributed by atoms with E-state index < -0.39 is 0 Å². The SMILES string of the molecule is CCc1ccc(-c2ncc(CC)c(CC)n2)cc1CC. The summed E-state index contributed by atoms with van der Waals surface area (Å²) in [7, 11) is 0. The monoisotopic (exact) mass is 268 g/mol. The van der Waals surface area contributed by atoms with Crippen LogP contribution >= 0.6 is 0 Å². The maximum absolute atomic E-state index is 4.75. The summed E-state index contributed by atoms with van der Waals surface area (Å²) in [5, 5.41) is 0. The summed E-state index contributed by atoms with van der Waals surface area (Å²) in [5.41, 5.74) is 6.41. The molecule has 2 rings (SSSR count). The molecule has 2 aromatic rings. The Morgan fingerprint density at radius 3 is 2.10 bits per heavy atom. The summed E-state index contributed by atoms with van der Waals surface area (Å²) in [6, 6.07) is 6.62. The molecule has 0 aliphatic rings. The van der Waals surface area contributed by atoms with E-state index in [0.717, 1.165) is 37.1 Å². The predicted octanol–water partition coefficient (Wildman–Crippen LogP) is 4.39. The highest BCUT2D eigenvalue weighted by Gasteiger charge is 2.08. The molecule has 0 radical (unpaired) electrons. The van der Waals surface area contributed by atoms with Gasteiger partial charge in [0.2, 0.25) is 0 Å². The van der Waals surface area contributed by atoms with E-state index in [2.05, 4.69) is 50.9 Å². The van der Waals surface area contributed by atoms with Crippen LogP contribution in [-0.2, 0) is 25.7 Å². The third-order valence-electron chi connectivity index (χ3n) is 3.90. The van der Waals surface area contributed by atoms with E-state index in [-0.39, 0.29) is 0 Å². The molecular formula is C18H24N2. The van der Waals surface area contributed by atoms with Gasteiger partial charge in [-0.1, -0.05) is 39.8 Å². The summed E-state index contributed by atoms with van der Waals surface area (Å²) in [4.78, 5) is 9.30. The highest BCUT2D eigenvalue weighted by Crippen LogP contribution is 2.22. The molecule has 20 heavy (non-hydrogen) atoms. The van der Waals surface area contributed by atoms with Crippen molar-refractivity contribution in [3.8, 4) is 11.4 Å². The van der Waals surface area contributed by atoms with Crippen LogP contribution in [0, 0.1) is 0 Å². The van der Waals surface area contributed by atoms with Crippen molar-refractivity contribution < 1.29 is 0 Å². The van der Waals surface area contributed by atoms with Gasteiger partial charge in [0.1, 0.15) is 0 Å². The van der Waals surface area contributed by atoms with Gasteiger partial charge in [0.15, 0.2) is 5.82 Å². The van der Waals surface area contributed by atoms with Crippen molar-refractivity contribution in [1.29, 1.82) is 0 Å². The zero-order valence-electron chi connectivity index (χ0n) is 13.0. The van der Waals surface area contributed by atoms with Gasteiger partial charge in [0.05, 0.1) is 0 Å². The van der Waals surface area contributed by atoms with Crippen molar-refractivity contribution in [3.63, 3.8) is 0 Å². The molecule has 106 valence electrons. The summed E-state index contributed by atoms with van der Waals surface area (Å²) in [5.74, 6) is 0.858. The van der Waals surface area contributed by atoms with Crippen LogP contribution in [0.15, 0.2) is 24.4 Å². The van der Waals surface area contributed by atoms with E-state index in [1.807, 2.05) is 6.20 Å². The van der Waals surface area contributed by atoms with Crippen molar-refractivity contribution in [2.24, 2.45) is 0 Å². The van der Waals surface area contributed by atoms with Crippen molar-refractivity contribution in [2.75, 3.05) is 0 Å². The maximum Gasteiger partial charge on any atom is 0.159 e. The Labute approximate surface area is 122 Å². The molecule has 0 N–H and O–H groups in total. The molecule has 1 aromatic heterocycles. The second-order valence-corrected chi connectivity index (χ2v) is 5.06. The Morgan fingerprint density at radius 1 is 0.800 bits per heavy atom. The van der Waals surface area contributed by atoms with Gasteiger partial charge < -0.3 is 0 Å². The molecule has 0 atom stereocenters. The fraction of sp³-hybridized carbons (Fsp3) is 0.444. The first-order valence-corrected chi connectivity index (χ1v) is 7.70. The fourth-order valence-corrected chi connectivity index (χ4v) is 2.62. The van der Waals surface area contributed by atoms with E-state index in [4.69, 9.17) is 4.98 Å². The van der Waals surface area contributed by atoms with Gasteiger partial charge in [-0.15, -0.1) is 0 Å². The zero-order valence-corrected chi connectivity index (χ0v) is 13.0. The number of rotatable bonds is 5. The van der Waals surface area contributed by atoms with Gasteiger partial charge in [-0.05, 0) is 48.4 Å². The minimum absolute atomic E-state index is 0.858. The third-order valence-corrected chi connectivity index (χ3v) is 3.90. The smallest absolute Gasteiger partial charge is 0.159 e. The standard InChI is InChI=1S/C18H24N2/c1-5-13-9-10-16(11-14(13)6-2)18-19-12-15(7-3)17(8-4)20-18/h9-12H,5-8H2,1-4H3. The van der Waals surface area contributed by atoms with E-state index in [9.17, 15) is 0 Å². The number of nitrogens with zero attached hydrogens (tertiary/aromatic N) is 2. The molecule has 0 fully saturated rings. The van der Waals surface area contributed by atoms with Crippen molar-refractivity contribution in [3.05, 3.63) is 46.8 Å². The van der Waals surface area contributed by atoms with Crippen molar-refractivity contribution in [1.82, 2.24) is 9.97 Å². The van der Waals surface area contributed by atoms with Crippen LogP contribution < -0.4 is 0 Å². The Hall–Kier alpha value is -1.70. The minimum Gasteiger partial charge on any atom is -0.236 e. The van der Waals surface area contributed by atoms with Crippen LogP contribution in [0.1, 0.15) is 50.1 Å². The molecule has 0 spiro atoms. The molecule has 0 aliphatic carbocycles. The quantitative estimate of drug-likeness (QED) is 0.803. The van der Waals surface area contributed by atoms with E-state index in [0.29, 0.717) is 0 Å². The lowest BCUT2D eigenvalue weighted by Gasteiger charge is -2.10. The number of benzene rings is 1. The van der Waals surface area contributed by atoms with Crippen LogP contribution in [0.4, 0.5) is 0 Å². The topological polar surface area (TPSA) is 25.8 Å². The zero-order chi connectivity index (χ0) is 14.5. The van der Waals surface area contributed by atoms with Gasteiger partial charge in [0, 0.05) is 17.5 Å². The van der Waals surface area contributed by atoms with Crippen LogP contribution in [0.5, 0.6) is 0 Å². The van der Waals surface area contributed by atoms with Crippen LogP contribution in [0.3, 0.4) is 0 Å². The largest absolute Gasteiger partial charge is 0.236 e. The number of hydrogen-bond donors (Lipinski definition) is 0. The first-order chi connectivity index (χ1) is 9.73. The second kappa shape index (κ2) is 6.65. The molecule has 0 amide bonds. The highest BCUT2D eigenvalue weighted by atomic mass is 14.9. The van der Waals surface area contributed by atoms with E-state index in [1.54, 1.807) is 0 Å². The molecule has 0 bridgehead atoms. The van der Waals surface area contributed by atoms with Crippen LogP contribution in [-0.4, -0.2) is 9.97 Å². The summed E-state index contributed by atoms with van der Waals surface area (Å²) >= 11 is 0. The van der Waals surface area contributed by atoms with E-state index in [1.165, 1.54) is 22.4 Å². The lowest BCUT2D eigenvalue weighted by atomic mass is 9.99.